The minimum absolute atomic E-state index is 0.0923. The normalized spacial score (nSPS) is 18.8. The Bertz CT molecular complexity index is 648. The van der Waals surface area contributed by atoms with Gasteiger partial charge in [-0.2, -0.15) is 13.2 Å². The molecule has 0 amide bonds. The van der Waals surface area contributed by atoms with Crippen molar-refractivity contribution in [2.75, 3.05) is 7.05 Å². The molecule has 0 aromatic heterocycles. The van der Waals surface area contributed by atoms with E-state index in [4.69, 9.17) is 0 Å². The van der Waals surface area contributed by atoms with Crippen molar-refractivity contribution in [3.05, 3.63) is 70.8 Å². The quantitative estimate of drug-likeness (QED) is 0.888. The lowest BCUT2D eigenvalue weighted by molar-refractivity contribution is -0.138. The molecule has 3 rings (SSSR count). The molecule has 1 N–H and O–H groups in total. The number of rotatable bonds is 3. The van der Waals surface area contributed by atoms with Gasteiger partial charge in [0, 0.05) is 12.0 Å². The van der Waals surface area contributed by atoms with Gasteiger partial charge in [-0.25, -0.2) is 0 Å². The zero-order valence-electron chi connectivity index (χ0n) is 11.6. The highest BCUT2D eigenvalue weighted by Crippen LogP contribution is 2.46. The second-order valence-corrected chi connectivity index (χ2v) is 5.36. The fourth-order valence-corrected chi connectivity index (χ4v) is 3.19. The molecule has 0 aliphatic heterocycles. The summed E-state index contributed by atoms with van der Waals surface area (Å²) in [5.74, 6) is 0.0923. The molecule has 0 heterocycles. The Balaban J connectivity index is 2.00. The summed E-state index contributed by atoms with van der Waals surface area (Å²) in [6.07, 6.45) is -3.51. The van der Waals surface area contributed by atoms with Crippen LogP contribution >= 0.6 is 0 Å². The molecular formula is C17H16F3N. The first-order valence-corrected chi connectivity index (χ1v) is 6.93. The Kier molecular flexibility index (Phi) is 3.49. The van der Waals surface area contributed by atoms with Gasteiger partial charge in [0.15, 0.2) is 0 Å². The maximum Gasteiger partial charge on any atom is 0.416 e. The molecule has 2 aromatic carbocycles. The zero-order valence-corrected chi connectivity index (χ0v) is 11.6. The summed E-state index contributed by atoms with van der Waals surface area (Å²) in [4.78, 5) is 0. The highest BCUT2D eigenvalue weighted by Gasteiger charge is 2.39. The number of fused-ring (bicyclic) bond motifs is 1. The van der Waals surface area contributed by atoms with Crippen molar-refractivity contribution in [2.45, 2.75) is 24.6 Å². The lowest BCUT2D eigenvalue weighted by atomic mass is 9.71. The maximum absolute atomic E-state index is 13.2. The highest BCUT2D eigenvalue weighted by molar-refractivity contribution is 5.45. The molecule has 2 atom stereocenters. The first-order valence-electron chi connectivity index (χ1n) is 6.93. The summed E-state index contributed by atoms with van der Waals surface area (Å²) < 4.78 is 39.6. The second-order valence-electron chi connectivity index (χ2n) is 5.36. The minimum atomic E-state index is -4.32. The van der Waals surface area contributed by atoms with E-state index in [1.165, 1.54) is 11.6 Å². The Morgan fingerprint density at radius 1 is 1.05 bits per heavy atom. The highest BCUT2D eigenvalue weighted by atomic mass is 19.4. The SMILES string of the molecule is CNC(c1ccccc1C(F)(F)F)C1Cc2ccccc21. The predicted octanol–water partition coefficient (Wildman–Crippen LogP) is 4.31. The van der Waals surface area contributed by atoms with Gasteiger partial charge in [-0.3, -0.25) is 0 Å². The molecule has 0 spiro atoms. The molecule has 0 saturated carbocycles. The van der Waals surface area contributed by atoms with Crippen molar-refractivity contribution in [1.29, 1.82) is 0 Å². The van der Waals surface area contributed by atoms with Gasteiger partial charge < -0.3 is 5.32 Å². The lowest BCUT2D eigenvalue weighted by Crippen LogP contribution is -2.32. The largest absolute Gasteiger partial charge is 0.416 e. The van der Waals surface area contributed by atoms with Gasteiger partial charge in [0.2, 0.25) is 0 Å². The standard InChI is InChI=1S/C17H16F3N/c1-21-16(14-10-11-6-2-3-7-12(11)14)13-8-4-5-9-15(13)17(18,19)20/h2-9,14,16,21H,10H2,1H3. The van der Waals surface area contributed by atoms with E-state index in [2.05, 4.69) is 5.32 Å². The van der Waals surface area contributed by atoms with Crippen molar-refractivity contribution in [3.8, 4) is 0 Å². The third-order valence-corrected chi connectivity index (χ3v) is 4.21. The van der Waals surface area contributed by atoms with E-state index < -0.39 is 11.7 Å². The molecule has 0 bridgehead atoms. The van der Waals surface area contributed by atoms with Crippen LogP contribution < -0.4 is 5.32 Å². The third kappa shape index (κ3) is 2.44. The van der Waals surface area contributed by atoms with Gasteiger partial charge in [0.05, 0.1) is 5.56 Å². The van der Waals surface area contributed by atoms with Crippen molar-refractivity contribution in [1.82, 2.24) is 5.32 Å². The van der Waals surface area contributed by atoms with Crippen molar-refractivity contribution in [3.63, 3.8) is 0 Å². The van der Waals surface area contributed by atoms with E-state index in [-0.39, 0.29) is 12.0 Å². The van der Waals surface area contributed by atoms with E-state index in [0.717, 1.165) is 18.1 Å². The summed E-state index contributed by atoms with van der Waals surface area (Å²) in [5.41, 5.74) is 2.15. The molecule has 0 fully saturated rings. The monoisotopic (exact) mass is 291 g/mol. The number of hydrogen-bond donors (Lipinski definition) is 1. The van der Waals surface area contributed by atoms with Gasteiger partial charge in [0.1, 0.15) is 0 Å². The zero-order chi connectivity index (χ0) is 15.0. The Morgan fingerprint density at radius 3 is 2.38 bits per heavy atom. The van der Waals surface area contributed by atoms with Gasteiger partial charge >= 0.3 is 6.18 Å². The first-order chi connectivity index (χ1) is 10.0. The summed E-state index contributed by atoms with van der Waals surface area (Å²) in [6.45, 7) is 0. The van der Waals surface area contributed by atoms with Crippen molar-refractivity contribution >= 4 is 0 Å². The summed E-state index contributed by atoms with van der Waals surface area (Å²) in [5, 5.41) is 3.07. The van der Waals surface area contributed by atoms with Crippen LogP contribution in [0.5, 0.6) is 0 Å². The van der Waals surface area contributed by atoms with Crippen LogP contribution in [0, 0.1) is 0 Å². The van der Waals surface area contributed by atoms with Gasteiger partial charge in [-0.15, -0.1) is 0 Å². The molecule has 1 nitrogen and oxygen atoms in total. The molecule has 0 saturated heterocycles. The molecule has 21 heavy (non-hydrogen) atoms. The smallest absolute Gasteiger partial charge is 0.312 e. The van der Waals surface area contributed by atoms with E-state index >= 15 is 0 Å². The number of hydrogen-bond acceptors (Lipinski definition) is 1. The van der Waals surface area contributed by atoms with Gasteiger partial charge in [0.25, 0.3) is 0 Å². The van der Waals surface area contributed by atoms with Crippen LogP contribution in [-0.2, 0) is 12.6 Å². The second kappa shape index (κ2) is 5.19. The summed E-state index contributed by atoms with van der Waals surface area (Å²) in [6, 6.07) is 13.5. The average Bonchev–Trinajstić information content (AvgIpc) is 2.44. The van der Waals surface area contributed by atoms with Crippen molar-refractivity contribution in [2.24, 2.45) is 0 Å². The molecule has 0 radical (unpaired) electrons. The van der Waals surface area contributed by atoms with Crippen LogP contribution in [0.1, 0.15) is 34.2 Å². The van der Waals surface area contributed by atoms with Gasteiger partial charge in [-0.1, -0.05) is 42.5 Å². The number of benzene rings is 2. The Morgan fingerprint density at radius 2 is 1.71 bits per heavy atom. The van der Waals surface area contributed by atoms with Crippen LogP contribution in [0.4, 0.5) is 13.2 Å². The molecule has 1 aliphatic carbocycles. The molecule has 1 aliphatic rings. The van der Waals surface area contributed by atoms with Crippen LogP contribution in [0.2, 0.25) is 0 Å². The molecule has 2 aromatic rings. The van der Waals surface area contributed by atoms with Crippen LogP contribution in [-0.4, -0.2) is 7.05 Å². The van der Waals surface area contributed by atoms with Crippen molar-refractivity contribution < 1.29 is 13.2 Å². The number of halogens is 3. The maximum atomic E-state index is 13.2. The van der Waals surface area contributed by atoms with Crippen LogP contribution in [0.25, 0.3) is 0 Å². The van der Waals surface area contributed by atoms with E-state index in [0.29, 0.717) is 5.56 Å². The van der Waals surface area contributed by atoms with E-state index in [9.17, 15) is 13.2 Å². The lowest BCUT2D eigenvalue weighted by Gasteiger charge is -2.37. The van der Waals surface area contributed by atoms with E-state index in [1.807, 2.05) is 24.3 Å². The van der Waals surface area contributed by atoms with Crippen LogP contribution in [0.3, 0.4) is 0 Å². The average molecular weight is 291 g/mol. The molecular weight excluding hydrogens is 275 g/mol. The van der Waals surface area contributed by atoms with E-state index in [1.54, 1.807) is 19.2 Å². The predicted molar refractivity (Wildman–Crippen MR) is 76.1 cm³/mol. The summed E-state index contributed by atoms with van der Waals surface area (Å²) >= 11 is 0. The number of alkyl halides is 3. The third-order valence-electron chi connectivity index (χ3n) is 4.21. The number of likely N-dealkylation sites (N-methyl/N-ethyl adjacent to an activating group) is 1. The van der Waals surface area contributed by atoms with Crippen LogP contribution in [0.15, 0.2) is 48.5 Å². The first kappa shape index (κ1) is 14.1. The minimum Gasteiger partial charge on any atom is -0.312 e. The molecule has 2 unspecified atom stereocenters. The molecule has 4 heteroatoms. The Hall–Kier alpha value is -1.81. The topological polar surface area (TPSA) is 12.0 Å². The fourth-order valence-electron chi connectivity index (χ4n) is 3.19. The van der Waals surface area contributed by atoms with Gasteiger partial charge in [-0.05, 0) is 36.2 Å². The molecule has 110 valence electrons. The Labute approximate surface area is 121 Å². The number of nitrogens with one attached hydrogen (secondary N) is 1. The fraction of sp³-hybridized carbons (Fsp3) is 0.294. The summed E-state index contributed by atoms with van der Waals surface area (Å²) in [7, 11) is 1.72.